The molecule has 0 aliphatic carbocycles. The molecule has 0 atom stereocenters. The van der Waals surface area contributed by atoms with Crippen molar-refractivity contribution in [1.29, 1.82) is 0 Å². The van der Waals surface area contributed by atoms with Gasteiger partial charge < -0.3 is 9.15 Å². The van der Waals surface area contributed by atoms with Crippen LogP contribution in [0.25, 0.3) is 0 Å². The summed E-state index contributed by atoms with van der Waals surface area (Å²) >= 11 is 5.85. The Kier molecular flexibility index (Phi) is 8.33. The number of halogens is 1. The van der Waals surface area contributed by atoms with Gasteiger partial charge >= 0.3 is 0 Å². The fourth-order valence-corrected chi connectivity index (χ4v) is 5.24. The lowest BCUT2D eigenvalue weighted by Crippen LogP contribution is -2.43. The first-order chi connectivity index (χ1) is 16.1. The van der Waals surface area contributed by atoms with Crippen LogP contribution in [0.1, 0.15) is 12.2 Å². The highest BCUT2D eigenvalue weighted by atomic mass is 35.5. The molecule has 0 bridgehead atoms. The van der Waals surface area contributed by atoms with E-state index in [0.717, 1.165) is 4.31 Å². The molecule has 2 aromatic carbocycles. The van der Waals surface area contributed by atoms with Gasteiger partial charge in [0.2, 0.25) is 15.9 Å². The molecule has 2 N–H and O–H groups in total. The van der Waals surface area contributed by atoms with Crippen molar-refractivity contribution in [2.45, 2.75) is 22.8 Å². The maximum absolute atomic E-state index is 13.1. The number of nitrogens with one attached hydrogen (secondary N) is 2. The van der Waals surface area contributed by atoms with Gasteiger partial charge in [-0.25, -0.2) is 16.8 Å². The molecule has 3 aromatic rings. The highest BCUT2D eigenvalue weighted by molar-refractivity contribution is 7.89. The van der Waals surface area contributed by atoms with E-state index in [1.54, 1.807) is 12.1 Å². The third-order valence-corrected chi connectivity index (χ3v) is 8.02. The monoisotopic (exact) mass is 527 g/mol. The van der Waals surface area contributed by atoms with Gasteiger partial charge in [0, 0.05) is 18.0 Å². The van der Waals surface area contributed by atoms with Gasteiger partial charge in [-0.2, -0.15) is 4.31 Å². The van der Waals surface area contributed by atoms with Crippen LogP contribution in [0.5, 0.6) is 5.75 Å². The van der Waals surface area contributed by atoms with Crippen LogP contribution >= 0.6 is 11.6 Å². The molecule has 34 heavy (non-hydrogen) atoms. The number of hydrogen-bond acceptors (Lipinski definition) is 7. The van der Waals surface area contributed by atoms with Crippen molar-refractivity contribution >= 4 is 37.6 Å². The fourth-order valence-electron chi connectivity index (χ4n) is 2.84. The minimum Gasteiger partial charge on any atom is -0.497 e. The third kappa shape index (κ3) is 6.58. The van der Waals surface area contributed by atoms with Crippen molar-refractivity contribution in [3.63, 3.8) is 0 Å². The molecular formula is C21H22ClN3O7S2. The lowest BCUT2D eigenvalue weighted by molar-refractivity contribution is -0.121. The van der Waals surface area contributed by atoms with Gasteiger partial charge in [-0.3, -0.25) is 10.2 Å². The molecule has 0 aliphatic rings. The van der Waals surface area contributed by atoms with Crippen LogP contribution in [0.4, 0.5) is 0 Å². The molecule has 0 unspecified atom stereocenters. The minimum absolute atomic E-state index is 0.0101. The van der Waals surface area contributed by atoms with E-state index in [1.165, 1.54) is 61.9 Å². The lowest BCUT2D eigenvalue weighted by Gasteiger charge is -2.21. The first-order valence-electron chi connectivity index (χ1n) is 9.84. The van der Waals surface area contributed by atoms with E-state index in [9.17, 15) is 21.6 Å². The number of ether oxygens (including phenoxy) is 1. The van der Waals surface area contributed by atoms with Crippen molar-refractivity contribution in [3.05, 3.63) is 77.7 Å². The van der Waals surface area contributed by atoms with Crippen molar-refractivity contribution in [1.82, 2.24) is 14.6 Å². The zero-order valence-corrected chi connectivity index (χ0v) is 20.4. The molecule has 1 aromatic heterocycles. The van der Waals surface area contributed by atoms with E-state index in [2.05, 4.69) is 5.43 Å². The molecule has 10 nitrogen and oxygen atoms in total. The molecule has 0 spiro atoms. The molecule has 182 valence electrons. The van der Waals surface area contributed by atoms with Gasteiger partial charge in [-0.05, 0) is 60.7 Å². The van der Waals surface area contributed by atoms with E-state index >= 15 is 0 Å². The molecule has 1 amide bonds. The fraction of sp³-hybridized carbons (Fsp3) is 0.190. The molecule has 0 saturated heterocycles. The minimum atomic E-state index is -4.03. The topological polar surface area (TPSA) is 135 Å². The quantitative estimate of drug-likeness (QED) is 0.366. The normalized spacial score (nSPS) is 12.0. The SMILES string of the molecule is COc1ccc(S(=O)(=O)NNC(=O)CCN(Cc2ccco2)S(=O)(=O)c2ccc(Cl)cc2)cc1. The van der Waals surface area contributed by atoms with Gasteiger partial charge in [0.15, 0.2) is 0 Å². The Bertz CT molecular complexity index is 1310. The second-order valence-electron chi connectivity index (χ2n) is 6.95. The Morgan fingerprint density at radius 2 is 1.65 bits per heavy atom. The van der Waals surface area contributed by atoms with Crippen LogP contribution in [-0.2, 0) is 31.4 Å². The maximum atomic E-state index is 13.1. The Labute approximate surface area is 202 Å². The van der Waals surface area contributed by atoms with E-state index in [0.29, 0.717) is 16.5 Å². The average molecular weight is 528 g/mol. The van der Waals surface area contributed by atoms with Crippen molar-refractivity contribution in [2.24, 2.45) is 0 Å². The van der Waals surface area contributed by atoms with Crippen LogP contribution in [0.2, 0.25) is 5.02 Å². The number of rotatable bonds is 11. The summed E-state index contributed by atoms with van der Waals surface area (Å²) in [4.78, 5) is 14.2. The molecule has 0 fully saturated rings. The summed E-state index contributed by atoms with van der Waals surface area (Å²) in [5, 5.41) is 0.375. The second-order valence-corrected chi connectivity index (χ2v) is 11.0. The number of furan rings is 1. The standard InChI is InChI=1S/C21H22ClN3O7S2/c1-31-17-6-10-19(11-7-17)33(27,28)24-23-21(26)12-13-25(15-18-3-2-14-32-18)34(29,30)20-8-4-16(22)5-9-20/h2-11,14,24H,12-13,15H2,1H3,(H,23,26). The van der Waals surface area contributed by atoms with Crippen LogP contribution in [0.3, 0.4) is 0 Å². The summed E-state index contributed by atoms with van der Waals surface area (Å²) in [6.07, 6.45) is 1.09. The Morgan fingerprint density at radius 1 is 1.00 bits per heavy atom. The molecule has 0 saturated carbocycles. The van der Waals surface area contributed by atoms with E-state index in [1.807, 2.05) is 4.83 Å². The average Bonchev–Trinajstić information content (AvgIpc) is 3.34. The first kappa shape index (κ1) is 25.7. The highest BCUT2D eigenvalue weighted by Crippen LogP contribution is 2.21. The number of carbonyl (C=O) groups is 1. The summed E-state index contributed by atoms with van der Waals surface area (Å²) in [7, 11) is -6.58. The van der Waals surface area contributed by atoms with Gasteiger partial charge in [-0.1, -0.05) is 11.6 Å². The summed E-state index contributed by atoms with van der Waals surface area (Å²) in [5.41, 5.74) is 2.09. The molecule has 3 rings (SSSR count). The van der Waals surface area contributed by atoms with Crippen molar-refractivity contribution in [2.75, 3.05) is 13.7 Å². The van der Waals surface area contributed by atoms with Gasteiger partial charge in [-0.15, -0.1) is 4.83 Å². The number of carbonyl (C=O) groups excluding carboxylic acids is 1. The summed E-state index contributed by atoms with van der Waals surface area (Å²) in [6, 6.07) is 14.4. The summed E-state index contributed by atoms with van der Waals surface area (Å²) in [5.74, 6) is 0.118. The van der Waals surface area contributed by atoms with E-state index in [-0.39, 0.29) is 29.3 Å². The van der Waals surface area contributed by atoms with Gasteiger partial charge in [0.25, 0.3) is 10.0 Å². The number of hydrazine groups is 1. The Hall–Kier alpha value is -2.90. The zero-order chi connectivity index (χ0) is 24.8. The third-order valence-electron chi connectivity index (χ3n) is 4.65. The molecule has 13 heteroatoms. The van der Waals surface area contributed by atoms with Crippen LogP contribution in [-0.4, -0.2) is 40.7 Å². The number of nitrogens with zero attached hydrogens (tertiary/aromatic N) is 1. The molecule has 0 radical (unpaired) electrons. The number of sulfonamides is 2. The lowest BCUT2D eigenvalue weighted by atomic mass is 10.3. The predicted octanol–water partition coefficient (Wildman–Crippen LogP) is 2.53. The van der Waals surface area contributed by atoms with Gasteiger partial charge in [0.1, 0.15) is 11.5 Å². The van der Waals surface area contributed by atoms with Gasteiger partial charge in [0.05, 0.1) is 29.7 Å². The molecule has 0 aliphatic heterocycles. The molecular weight excluding hydrogens is 506 g/mol. The van der Waals surface area contributed by atoms with Crippen LogP contribution in [0.15, 0.2) is 81.1 Å². The summed E-state index contributed by atoms with van der Waals surface area (Å²) in [6.45, 7) is -0.357. The second kappa shape index (κ2) is 11.0. The summed E-state index contributed by atoms with van der Waals surface area (Å²) < 4.78 is 62.3. The smallest absolute Gasteiger partial charge is 0.257 e. The zero-order valence-electron chi connectivity index (χ0n) is 18.0. The largest absolute Gasteiger partial charge is 0.497 e. The van der Waals surface area contributed by atoms with Crippen LogP contribution < -0.4 is 15.0 Å². The molecule has 1 heterocycles. The van der Waals surface area contributed by atoms with Crippen molar-refractivity contribution < 1.29 is 30.8 Å². The first-order valence-corrected chi connectivity index (χ1v) is 13.1. The number of hydrogen-bond donors (Lipinski definition) is 2. The van der Waals surface area contributed by atoms with Crippen molar-refractivity contribution in [3.8, 4) is 5.75 Å². The highest BCUT2D eigenvalue weighted by Gasteiger charge is 2.26. The number of benzene rings is 2. The predicted molar refractivity (Wildman–Crippen MR) is 124 cm³/mol. The Morgan fingerprint density at radius 3 is 2.24 bits per heavy atom. The Balaban J connectivity index is 1.67. The maximum Gasteiger partial charge on any atom is 0.257 e. The van der Waals surface area contributed by atoms with E-state index in [4.69, 9.17) is 20.8 Å². The number of amides is 1. The van der Waals surface area contributed by atoms with Crippen LogP contribution in [0, 0.1) is 0 Å². The van der Waals surface area contributed by atoms with E-state index < -0.39 is 26.0 Å². The number of methoxy groups -OCH3 is 1.